The Bertz CT molecular complexity index is 631. The van der Waals surface area contributed by atoms with E-state index in [1.165, 1.54) is 11.1 Å². The van der Waals surface area contributed by atoms with E-state index in [0.717, 1.165) is 0 Å². The molecule has 0 unspecified atom stereocenters. The van der Waals surface area contributed by atoms with Gasteiger partial charge in [0, 0.05) is 32.5 Å². The summed E-state index contributed by atoms with van der Waals surface area (Å²) in [4.78, 5) is 24.8. The molecule has 2 aromatic rings. The monoisotopic (exact) mass is 290 g/mol. The van der Waals surface area contributed by atoms with Crippen molar-refractivity contribution < 1.29 is 14.7 Å². The fourth-order valence-electron chi connectivity index (χ4n) is 2.17. The molecule has 0 aromatic carbocycles. The van der Waals surface area contributed by atoms with Crippen LogP contribution in [-0.2, 0) is 11.8 Å². The fourth-order valence-corrected chi connectivity index (χ4v) is 2.17. The maximum Gasteiger partial charge on any atom is 0.305 e. The van der Waals surface area contributed by atoms with Gasteiger partial charge in [-0.25, -0.2) is 0 Å². The highest BCUT2D eigenvalue weighted by Gasteiger charge is 2.22. The largest absolute Gasteiger partial charge is 0.481 e. The van der Waals surface area contributed by atoms with Crippen LogP contribution in [0, 0.1) is 0 Å². The second kappa shape index (κ2) is 6.25. The van der Waals surface area contributed by atoms with Crippen LogP contribution in [-0.4, -0.2) is 49.3 Å². The number of aryl methyl sites for hydroxylation is 1. The van der Waals surface area contributed by atoms with E-state index in [4.69, 9.17) is 5.11 Å². The maximum atomic E-state index is 12.6. The molecular formula is C14H18N4O3. The summed E-state index contributed by atoms with van der Waals surface area (Å²) in [5.74, 6) is -0.465. The lowest BCUT2D eigenvalue weighted by molar-refractivity contribution is -0.137. The van der Waals surface area contributed by atoms with Gasteiger partial charge in [-0.3, -0.25) is 14.3 Å². The van der Waals surface area contributed by atoms with E-state index in [2.05, 4.69) is 5.10 Å². The summed E-state index contributed by atoms with van der Waals surface area (Å²) in [6, 6.07) is 3.73. The van der Waals surface area contributed by atoms with Crippen molar-refractivity contribution in [3.05, 3.63) is 36.3 Å². The van der Waals surface area contributed by atoms with Crippen molar-refractivity contribution in [1.29, 1.82) is 0 Å². The van der Waals surface area contributed by atoms with Crippen molar-refractivity contribution in [2.75, 3.05) is 13.1 Å². The quantitative estimate of drug-likeness (QED) is 0.865. The van der Waals surface area contributed by atoms with Gasteiger partial charge in [0.2, 0.25) is 0 Å². The topological polar surface area (TPSA) is 80.4 Å². The summed E-state index contributed by atoms with van der Waals surface area (Å²) in [7, 11) is 1.76. The predicted octanol–water partition coefficient (Wildman–Crippen LogP) is 1.15. The van der Waals surface area contributed by atoms with Crippen LogP contribution in [0.3, 0.4) is 0 Å². The van der Waals surface area contributed by atoms with Gasteiger partial charge < -0.3 is 14.6 Å². The highest BCUT2D eigenvalue weighted by atomic mass is 16.4. The second-order valence-corrected chi connectivity index (χ2v) is 4.62. The molecule has 0 fully saturated rings. The van der Waals surface area contributed by atoms with E-state index >= 15 is 0 Å². The normalized spacial score (nSPS) is 10.6. The molecule has 0 aliphatic heterocycles. The van der Waals surface area contributed by atoms with Gasteiger partial charge in [-0.2, -0.15) is 5.10 Å². The number of carbonyl (C=O) groups excluding carboxylic acids is 1. The van der Waals surface area contributed by atoms with E-state index in [-0.39, 0.29) is 18.9 Å². The Hall–Kier alpha value is -2.57. The average Bonchev–Trinajstić information content (AvgIpc) is 3.07. The molecule has 0 aliphatic carbocycles. The van der Waals surface area contributed by atoms with Gasteiger partial charge in [-0.15, -0.1) is 0 Å². The van der Waals surface area contributed by atoms with Crippen molar-refractivity contribution in [3.8, 4) is 5.82 Å². The number of carboxylic acid groups (broad SMARTS) is 1. The van der Waals surface area contributed by atoms with Crippen LogP contribution in [0.5, 0.6) is 0 Å². The van der Waals surface area contributed by atoms with Crippen LogP contribution < -0.4 is 0 Å². The van der Waals surface area contributed by atoms with Crippen molar-refractivity contribution in [2.45, 2.75) is 13.3 Å². The highest BCUT2D eigenvalue weighted by Crippen LogP contribution is 2.16. The molecule has 1 N–H and O–H groups in total. The third kappa shape index (κ3) is 3.13. The molecule has 2 rings (SSSR count). The summed E-state index contributed by atoms with van der Waals surface area (Å²) in [6.45, 7) is 2.46. The Labute approximate surface area is 122 Å². The molecule has 0 spiro atoms. The molecule has 0 bridgehead atoms. The van der Waals surface area contributed by atoms with Gasteiger partial charge in [-0.1, -0.05) is 0 Å². The molecule has 0 radical (unpaired) electrons. The first-order valence-corrected chi connectivity index (χ1v) is 6.71. The maximum absolute atomic E-state index is 12.6. The lowest BCUT2D eigenvalue weighted by Crippen LogP contribution is -2.33. The number of aliphatic carboxylic acids is 1. The number of hydrogen-bond donors (Lipinski definition) is 1. The number of carbonyl (C=O) groups is 2. The van der Waals surface area contributed by atoms with Crippen LogP contribution in [0.2, 0.25) is 0 Å². The molecule has 0 aliphatic rings. The second-order valence-electron chi connectivity index (χ2n) is 4.62. The first kappa shape index (κ1) is 14.8. The number of aromatic nitrogens is 3. The Morgan fingerprint density at radius 1 is 1.33 bits per heavy atom. The predicted molar refractivity (Wildman–Crippen MR) is 76.4 cm³/mol. The summed E-state index contributed by atoms with van der Waals surface area (Å²) in [6.07, 6.45) is 5.11. The summed E-state index contributed by atoms with van der Waals surface area (Å²) >= 11 is 0. The fraction of sp³-hybridized carbons (Fsp3) is 0.357. The number of carboxylic acids is 1. The molecular weight excluding hydrogens is 272 g/mol. The van der Waals surface area contributed by atoms with E-state index in [0.29, 0.717) is 17.9 Å². The zero-order valence-corrected chi connectivity index (χ0v) is 12.1. The van der Waals surface area contributed by atoms with Crippen molar-refractivity contribution in [1.82, 2.24) is 19.2 Å². The molecule has 2 heterocycles. The van der Waals surface area contributed by atoms with Crippen LogP contribution in [0.4, 0.5) is 0 Å². The Morgan fingerprint density at radius 2 is 2.00 bits per heavy atom. The molecule has 2 aromatic heterocycles. The third-order valence-electron chi connectivity index (χ3n) is 3.25. The molecule has 21 heavy (non-hydrogen) atoms. The average molecular weight is 290 g/mol. The number of hydrogen-bond acceptors (Lipinski definition) is 3. The zero-order valence-electron chi connectivity index (χ0n) is 12.1. The number of amides is 1. The first-order chi connectivity index (χ1) is 10.0. The molecule has 7 nitrogen and oxygen atoms in total. The number of rotatable bonds is 6. The van der Waals surface area contributed by atoms with Crippen molar-refractivity contribution >= 4 is 11.9 Å². The van der Waals surface area contributed by atoms with Gasteiger partial charge >= 0.3 is 5.97 Å². The van der Waals surface area contributed by atoms with Gasteiger partial charge in [0.05, 0.1) is 12.6 Å². The molecule has 112 valence electrons. The first-order valence-electron chi connectivity index (χ1n) is 6.71. The van der Waals surface area contributed by atoms with Crippen LogP contribution in [0.1, 0.15) is 23.7 Å². The van der Waals surface area contributed by atoms with Gasteiger partial charge in [0.25, 0.3) is 5.91 Å². The lowest BCUT2D eigenvalue weighted by atomic mass is 10.2. The summed E-state index contributed by atoms with van der Waals surface area (Å²) in [5.41, 5.74) is 0.459. The van der Waals surface area contributed by atoms with Gasteiger partial charge in [-0.05, 0) is 19.1 Å². The smallest absolute Gasteiger partial charge is 0.305 e. The van der Waals surface area contributed by atoms with Crippen LogP contribution in [0.25, 0.3) is 5.82 Å². The minimum atomic E-state index is -0.918. The van der Waals surface area contributed by atoms with E-state index in [1.54, 1.807) is 11.7 Å². The SMILES string of the molecule is CCN(CCC(=O)O)C(=O)c1cnn(C)c1-n1cccc1. The van der Waals surface area contributed by atoms with Crippen LogP contribution >= 0.6 is 0 Å². The Morgan fingerprint density at radius 3 is 2.57 bits per heavy atom. The highest BCUT2D eigenvalue weighted by molar-refractivity contribution is 5.97. The molecule has 1 amide bonds. The molecule has 0 saturated carbocycles. The molecule has 0 atom stereocenters. The van der Waals surface area contributed by atoms with Gasteiger partial charge in [0.1, 0.15) is 11.4 Å². The van der Waals surface area contributed by atoms with E-state index in [1.807, 2.05) is 36.0 Å². The number of nitrogens with zero attached hydrogens (tertiary/aromatic N) is 4. The minimum Gasteiger partial charge on any atom is -0.481 e. The minimum absolute atomic E-state index is 0.0707. The lowest BCUT2D eigenvalue weighted by Gasteiger charge is -2.20. The van der Waals surface area contributed by atoms with Crippen molar-refractivity contribution in [2.24, 2.45) is 7.05 Å². The van der Waals surface area contributed by atoms with E-state index < -0.39 is 5.97 Å². The van der Waals surface area contributed by atoms with E-state index in [9.17, 15) is 9.59 Å². The standard InChI is InChI=1S/C14H18N4O3/c1-3-17(9-6-12(19)20)14(21)11-10-15-16(2)13(11)18-7-4-5-8-18/h4-5,7-8,10H,3,6,9H2,1-2H3,(H,19,20). The molecule has 0 saturated heterocycles. The summed E-state index contributed by atoms with van der Waals surface area (Å²) < 4.78 is 3.43. The third-order valence-corrected chi connectivity index (χ3v) is 3.25. The van der Waals surface area contributed by atoms with Gasteiger partial charge in [0.15, 0.2) is 0 Å². The Kier molecular flexibility index (Phi) is 4.42. The van der Waals surface area contributed by atoms with Crippen molar-refractivity contribution in [3.63, 3.8) is 0 Å². The molecule has 7 heteroatoms. The zero-order chi connectivity index (χ0) is 15.4. The summed E-state index contributed by atoms with van der Waals surface area (Å²) in [5, 5.41) is 12.9. The van der Waals surface area contributed by atoms with Crippen LogP contribution in [0.15, 0.2) is 30.7 Å². The Balaban J connectivity index is 2.29.